The van der Waals surface area contributed by atoms with Gasteiger partial charge < -0.3 is 0 Å². The van der Waals surface area contributed by atoms with E-state index in [0.717, 1.165) is 93.4 Å². The third-order valence-electron chi connectivity index (χ3n) is 15.7. The normalized spacial score (nSPS) is 11.5. The fourth-order valence-corrected chi connectivity index (χ4v) is 13.3. The maximum atomic E-state index is 5.61. The molecule has 0 unspecified atom stereocenters. The van der Waals surface area contributed by atoms with Crippen LogP contribution in [0.2, 0.25) is 0 Å². The lowest BCUT2D eigenvalue weighted by Crippen LogP contribution is -2.03. The molecular weight excluding hydrogens is 999 g/mol. The van der Waals surface area contributed by atoms with Crippen molar-refractivity contribution in [1.82, 2.24) is 15.0 Å². The number of nitrogens with zero attached hydrogens (tertiary/aromatic N) is 3. The van der Waals surface area contributed by atoms with Gasteiger partial charge in [-0.25, -0.2) is 15.0 Å². The summed E-state index contributed by atoms with van der Waals surface area (Å²) in [4.78, 5) is 16.6. The molecular formula is C77H49N3S. The first-order valence-corrected chi connectivity index (χ1v) is 28.3. The summed E-state index contributed by atoms with van der Waals surface area (Å²) < 4.78 is 2.36. The first-order chi connectivity index (χ1) is 40.2. The van der Waals surface area contributed by atoms with Gasteiger partial charge in [0.15, 0.2) is 17.5 Å². The molecule has 0 N–H and O–H groups in total. The average Bonchev–Trinajstić information content (AvgIpc) is 3.49. The maximum Gasteiger partial charge on any atom is 0.165 e. The Balaban J connectivity index is 1.04. The lowest BCUT2D eigenvalue weighted by Gasteiger charge is -2.29. The van der Waals surface area contributed by atoms with Crippen LogP contribution >= 0.6 is 11.3 Å². The zero-order valence-corrected chi connectivity index (χ0v) is 44.9. The van der Waals surface area contributed by atoms with E-state index in [1.165, 1.54) is 42.9 Å². The van der Waals surface area contributed by atoms with Crippen molar-refractivity contribution in [3.05, 3.63) is 297 Å². The Bertz CT molecular complexity index is 4720. The second-order valence-electron chi connectivity index (χ2n) is 20.5. The van der Waals surface area contributed by atoms with Gasteiger partial charge in [-0.1, -0.05) is 273 Å². The highest BCUT2D eigenvalue weighted by Crippen LogP contribution is 2.56. The molecule has 0 atom stereocenters. The Labute approximate surface area is 474 Å². The van der Waals surface area contributed by atoms with Gasteiger partial charge in [-0.2, -0.15) is 0 Å². The highest BCUT2D eigenvalue weighted by Gasteiger charge is 2.30. The van der Waals surface area contributed by atoms with E-state index in [0.29, 0.717) is 17.5 Å². The van der Waals surface area contributed by atoms with E-state index in [4.69, 9.17) is 15.0 Å². The van der Waals surface area contributed by atoms with Gasteiger partial charge in [-0.05, 0) is 124 Å². The Morgan fingerprint density at radius 2 is 0.605 bits per heavy atom. The van der Waals surface area contributed by atoms with Gasteiger partial charge in [0.05, 0.1) is 0 Å². The molecule has 0 radical (unpaired) electrons. The summed E-state index contributed by atoms with van der Waals surface area (Å²) in [7, 11) is 0. The van der Waals surface area contributed by atoms with Crippen molar-refractivity contribution < 1.29 is 0 Å². The third kappa shape index (κ3) is 8.58. The summed E-state index contributed by atoms with van der Waals surface area (Å²) in [5, 5.41) is 7.17. The van der Waals surface area contributed by atoms with E-state index >= 15 is 0 Å². The third-order valence-corrected chi connectivity index (χ3v) is 16.9. The summed E-state index contributed by atoms with van der Waals surface area (Å²) in [5.41, 5.74) is 18.7. The molecule has 0 fully saturated rings. The van der Waals surface area contributed by atoms with Crippen molar-refractivity contribution in [2.45, 2.75) is 0 Å². The predicted octanol–water partition coefficient (Wildman–Crippen LogP) is 21.2. The number of fused-ring (bicyclic) bond motifs is 6. The van der Waals surface area contributed by atoms with Crippen LogP contribution in [0.15, 0.2) is 297 Å². The molecule has 3 nitrogen and oxygen atoms in total. The molecule has 0 saturated heterocycles. The van der Waals surface area contributed by atoms with Crippen LogP contribution in [0.25, 0.3) is 154 Å². The van der Waals surface area contributed by atoms with Crippen molar-refractivity contribution in [3.63, 3.8) is 0 Å². The standard InChI is InChI=1S/C77H49N3S/c1-7-25-51(26-8-1)63-45-46-64(74-73(63)72-62-41-22-21-27-52(62)44-47-65(72)81-74)77-79-75(78-76(80-77)61-43-42-50-24-19-20-38-58(50)48-61)60-40-23-39-59(49-60)71-69(56-34-15-5-16-35-56)67(54-30-11-3-12-31-54)66(53-28-9-2-10-29-53)68(55-32-13-4-14-33-55)70(71)57-36-17-6-18-37-57/h1-49H. The second-order valence-corrected chi connectivity index (χ2v) is 21.6. The van der Waals surface area contributed by atoms with E-state index in [1.54, 1.807) is 0 Å². The summed E-state index contributed by atoms with van der Waals surface area (Å²) in [5.74, 6) is 1.82. The van der Waals surface area contributed by atoms with Gasteiger partial charge in [0, 0.05) is 36.9 Å². The van der Waals surface area contributed by atoms with Crippen LogP contribution in [0.5, 0.6) is 0 Å². The molecule has 0 aliphatic heterocycles. The maximum absolute atomic E-state index is 5.61. The van der Waals surface area contributed by atoms with Gasteiger partial charge in [0.2, 0.25) is 0 Å². The fraction of sp³-hybridized carbons (Fsp3) is 0. The summed E-state index contributed by atoms with van der Waals surface area (Å²) >= 11 is 1.81. The monoisotopic (exact) mass is 1050 g/mol. The molecule has 0 saturated carbocycles. The summed E-state index contributed by atoms with van der Waals surface area (Å²) in [6.45, 7) is 0. The van der Waals surface area contributed by atoms with E-state index in [2.05, 4.69) is 297 Å². The number of benzene rings is 13. The van der Waals surface area contributed by atoms with E-state index in [9.17, 15) is 0 Å². The molecule has 81 heavy (non-hydrogen) atoms. The van der Waals surface area contributed by atoms with Crippen molar-refractivity contribution in [1.29, 1.82) is 0 Å². The number of rotatable bonds is 10. The van der Waals surface area contributed by atoms with E-state index < -0.39 is 0 Å². The molecule has 378 valence electrons. The molecule has 0 bridgehead atoms. The Hall–Kier alpha value is -10.4. The number of aromatic nitrogens is 3. The van der Waals surface area contributed by atoms with E-state index in [1.807, 2.05) is 11.3 Å². The first-order valence-electron chi connectivity index (χ1n) is 27.5. The second kappa shape index (κ2) is 20.4. The highest BCUT2D eigenvalue weighted by molar-refractivity contribution is 7.26. The molecule has 2 aromatic heterocycles. The number of hydrogen-bond acceptors (Lipinski definition) is 4. The van der Waals surface area contributed by atoms with Gasteiger partial charge >= 0.3 is 0 Å². The summed E-state index contributed by atoms with van der Waals surface area (Å²) in [6, 6.07) is 107. The van der Waals surface area contributed by atoms with Crippen molar-refractivity contribution in [2.24, 2.45) is 0 Å². The topological polar surface area (TPSA) is 38.7 Å². The fourth-order valence-electron chi connectivity index (χ4n) is 12.1. The molecule has 13 aromatic carbocycles. The smallest absolute Gasteiger partial charge is 0.165 e. The molecule has 0 aliphatic carbocycles. The van der Waals surface area contributed by atoms with Crippen LogP contribution in [0.4, 0.5) is 0 Å². The Morgan fingerprint density at radius 3 is 1.14 bits per heavy atom. The lowest BCUT2D eigenvalue weighted by atomic mass is 9.74. The van der Waals surface area contributed by atoms with Crippen molar-refractivity contribution in [2.75, 3.05) is 0 Å². The zero-order valence-electron chi connectivity index (χ0n) is 44.0. The molecule has 4 heteroatoms. The van der Waals surface area contributed by atoms with Crippen LogP contribution < -0.4 is 0 Å². The van der Waals surface area contributed by atoms with Crippen LogP contribution in [0, 0.1) is 0 Å². The number of thiophene rings is 1. The van der Waals surface area contributed by atoms with Crippen molar-refractivity contribution in [3.8, 4) is 112 Å². The first kappa shape index (κ1) is 47.8. The van der Waals surface area contributed by atoms with E-state index in [-0.39, 0.29) is 0 Å². The predicted molar refractivity (Wildman–Crippen MR) is 342 cm³/mol. The SMILES string of the molecule is c1ccc(-c2c(-c3ccccc3)c(-c3ccccc3)c(-c3cccc(-c4nc(-c5ccc6ccccc6c5)nc(-c5ccc(-c6ccccc6)c6c5sc5ccc7ccccc7c56)n4)c3)c(-c3ccccc3)c2-c2ccccc2)cc1. The Morgan fingerprint density at radius 1 is 0.222 bits per heavy atom. The summed E-state index contributed by atoms with van der Waals surface area (Å²) in [6.07, 6.45) is 0. The van der Waals surface area contributed by atoms with Crippen LogP contribution in [-0.4, -0.2) is 15.0 Å². The lowest BCUT2D eigenvalue weighted by molar-refractivity contribution is 1.08. The molecule has 0 spiro atoms. The highest BCUT2D eigenvalue weighted by atomic mass is 32.1. The molecule has 0 amide bonds. The van der Waals surface area contributed by atoms with Crippen LogP contribution in [-0.2, 0) is 0 Å². The van der Waals surface area contributed by atoms with Gasteiger partial charge in [-0.3, -0.25) is 0 Å². The minimum atomic E-state index is 0.590. The zero-order chi connectivity index (χ0) is 53.6. The largest absolute Gasteiger partial charge is 0.208 e. The van der Waals surface area contributed by atoms with Crippen LogP contribution in [0.3, 0.4) is 0 Å². The number of hydrogen-bond donors (Lipinski definition) is 0. The molecule has 15 rings (SSSR count). The van der Waals surface area contributed by atoms with Gasteiger partial charge in [0.25, 0.3) is 0 Å². The minimum absolute atomic E-state index is 0.590. The minimum Gasteiger partial charge on any atom is -0.208 e. The molecule has 15 aromatic rings. The molecule has 0 aliphatic rings. The Kier molecular flexibility index (Phi) is 12.1. The van der Waals surface area contributed by atoms with Crippen molar-refractivity contribution >= 4 is 53.1 Å². The average molecular weight is 1050 g/mol. The molecule has 2 heterocycles. The van der Waals surface area contributed by atoms with Gasteiger partial charge in [0.1, 0.15) is 0 Å². The quantitative estimate of drug-likeness (QED) is 0.137. The van der Waals surface area contributed by atoms with Crippen LogP contribution in [0.1, 0.15) is 0 Å². The van der Waals surface area contributed by atoms with Gasteiger partial charge in [-0.15, -0.1) is 11.3 Å².